The van der Waals surface area contributed by atoms with Gasteiger partial charge in [-0.3, -0.25) is 4.98 Å². The molecular formula is C57H37N7. The van der Waals surface area contributed by atoms with Crippen molar-refractivity contribution < 1.29 is 0 Å². The third-order valence-corrected chi connectivity index (χ3v) is 11.3. The second kappa shape index (κ2) is 16.9. The first-order valence-corrected chi connectivity index (χ1v) is 21.1. The first kappa shape index (κ1) is 38.1. The van der Waals surface area contributed by atoms with E-state index in [1.165, 1.54) is 0 Å². The Morgan fingerprint density at radius 2 is 0.625 bits per heavy atom. The summed E-state index contributed by atoms with van der Waals surface area (Å²) in [5, 5.41) is 2.27. The lowest BCUT2D eigenvalue weighted by Gasteiger charge is -2.18. The Morgan fingerprint density at radius 3 is 1.16 bits per heavy atom. The molecule has 0 bridgehead atoms. The van der Waals surface area contributed by atoms with E-state index in [2.05, 4.69) is 97.1 Å². The van der Waals surface area contributed by atoms with Gasteiger partial charge in [0.1, 0.15) is 0 Å². The Balaban J connectivity index is 1.13. The number of hydrogen-bond donors (Lipinski definition) is 0. The van der Waals surface area contributed by atoms with Gasteiger partial charge in [-0.1, -0.05) is 194 Å². The molecule has 0 radical (unpaired) electrons. The van der Waals surface area contributed by atoms with E-state index in [-0.39, 0.29) is 0 Å². The third kappa shape index (κ3) is 7.59. The molecule has 7 heteroatoms. The quantitative estimate of drug-likeness (QED) is 0.143. The van der Waals surface area contributed by atoms with Gasteiger partial charge >= 0.3 is 0 Å². The lowest BCUT2D eigenvalue weighted by Crippen LogP contribution is -2.02. The SMILES string of the molecule is c1ccc(-c2nc(-c3ccccc3)nc(-c3ccccc3-c3ccc(-c4ccccn4)cc3-c3ccccc3-c3nc(-c4ccccc4)nc(-c4ccc5ccccc5c4)n3)n2)cc1. The molecule has 0 N–H and O–H groups in total. The highest BCUT2D eigenvalue weighted by atomic mass is 15.0. The predicted octanol–water partition coefficient (Wildman–Crippen LogP) is 13.6. The van der Waals surface area contributed by atoms with Crippen molar-refractivity contribution in [3.05, 3.63) is 225 Å². The van der Waals surface area contributed by atoms with E-state index in [4.69, 9.17) is 34.9 Å². The molecule has 0 aliphatic rings. The summed E-state index contributed by atoms with van der Waals surface area (Å²) in [4.78, 5) is 35.6. The molecule has 300 valence electrons. The average Bonchev–Trinajstić information content (AvgIpc) is 3.39. The van der Waals surface area contributed by atoms with Crippen LogP contribution in [-0.2, 0) is 0 Å². The second-order valence-corrected chi connectivity index (χ2v) is 15.3. The van der Waals surface area contributed by atoms with E-state index in [0.717, 1.165) is 77.7 Å². The minimum Gasteiger partial charge on any atom is -0.256 e. The van der Waals surface area contributed by atoms with Gasteiger partial charge in [-0.2, -0.15) is 0 Å². The molecule has 64 heavy (non-hydrogen) atoms. The molecule has 0 spiro atoms. The molecule has 8 aromatic carbocycles. The number of fused-ring (bicyclic) bond motifs is 1. The van der Waals surface area contributed by atoms with Gasteiger partial charge in [-0.25, -0.2) is 29.9 Å². The summed E-state index contributed by atoms with van der Waals surface area (Å²) in [5.41, 5.74) is 11.1. The van der Waals surface area contributed by atoms with Gasteiger partial charge in [0.15, 0.2) is 34.9 Å². The highest BCUT2D eigenvalue weighted by molar-refractivity contribution is 5.96. The molecule has 0 saturated carbocycles. The van der Waals surface area contributed by atoms with Gasteiger partial charge in [0.05, 0.1) is 5.69 Å². The predicted molar refractivity (Wildman–Crippen MR) is 257 cm³/mol. The highest BCUT2D eigenvalue weighted by Gasteiger charge is 2.22. The van der Waals surface area contributed by atoms with E-state index < -0.39 is 0 Å². The largest absolute Gasteiger partial charge is 0.256 e. The zero-order valence-electron chi connectivity index (χ0n) is 34.5. The molecule has 0 aliphatic heterocycles. The van der Waals surface area contributed by atoms with E-state index >= 15 is 0 Å². The minimum atomic E-state index is 0.563. The van der Waals surface area contributed by atoms with Crippen LogP contribution >= 0.6 is 0 Å². The maximum absolute atomic E-state index is 5.26. The molecule has 3 heterocycles. The first-order chi connectivity index (χ1) is 31.7. The summed E-state index contributed by atoms with van der Waals surface area (Å²) in [6, 6.07) is 74.1. The standard InChI is InChI=1S/C57H37N7/c1-4-19-39(20-5-1)52-59-53(40-21-6-2-7-22-40)62-56(61-52)48-28-14-12-26-45(48)47-34-33-43(51-30-16-17-35-58-51)37-50(47)46-27-13-15-29-49(46)57-63-54(41-23-8-3-9-24-41)60-55(64-57)44-32-31-38-18-10-11-25-42(38)36-44/h1-37H. The minimum absolute atomic E-state index is 0.563. The van der Waals surface area contributed by atoms with Crippen LogP contribution in [0.3, 0.4) is 0 Å². The molecule has 0 aliphatic carbocycles. The van der Waals surface area contributed by atoms with Crippen molar-refractivity contribution in [2.45, 2.75) is 0 Å². The van der Waals surface area contributed by atoms with E-state index in [9.17, 15) is 0 Å². The smallest absolute Gasteiger partial charge is 0.164 e. The van der Waals surface area contributed by atoms with Gasteiger partial charge in [0.25, 0.3) is 0 Å². The van der Waals surface area contributed by atoms with Crippen molar-refractivity contribution in [2.24, 2.45) is 0 Å². The molecule has 0 atom stereocenters. The van der Waals surface area contributed by atoms with Gasteiger partial charge in [-0.05, 0) is 57.3 Å². The molecule has 0 saturated heterocycles. The molecule has 11 aromatic rings. The monoisotopic (exact) mass is 819 g/mol. The molecular weight excluding hydrogens is 783 g/mol. The van der Waals surface area contributed by atoms with Crippen LogP contribution in [0.25, 0.3) is 113 Å². The summed E-state index contributed by atoms with van der Waals surface area (Å²) >= 11 is 0. The maximum atomic E-state index is 5.26. The molecule has 3 aromatic heterocycles. The second-order valence-electron chi connectivity index (χ2n) is 15.3. The fourth-order valence-electron chi connectivity index (χ4n) is 8.12. The average molecular weight is 820 g/mol. The zero-order chi connectivity index (χ0) is 42.7. The van der Waals surface area contributed by atoms with Crippen molar-refractivity contribution >= 4 is 10.8 Å². The van der Waals surface area contributed by atoms with E-state index in [1.54, 1.807) is 0 Å². The summed E-state index contributed by atoms with van der Waals surface area (Å²) in [6.45, 7) is 0. The molecule has 0 fully saturated rings. The number of hydrogen-bond acceptors (Lipinski definition) is 7. The number of rotatable bonds is 9. The topological polar surface area (TPSA) is 90.2 Å². The lowest BCUT2D eigenvalue weighted by atomic mass is 9.87. The molecule has 7 nitrogen and oxygen atoms in total. The summed E-state index contributed by atoms with van der Waals surface area (Å²) < 4.78 is 0. The van der Waals surface area contributed by atoms with Gasteiger partial charge < -0.3 is 0 Å². The number of benzene rings is 8. The highest BCUT2D eigenvalue weighted by Crippen LogP contribution is 2.43. The zero-order valence-corrected chi connectivity index (χ0v) is 34.5. The number of nitrogens with zero attached hydrogens (tertiary/aromatic N) is 7. The summed E-state index contributed by atoms with van der Waals surface area (Å²) in [6.07, 6.45) is 1.83. The summed E-state index contributed by atoms with van der Waals surface area (Å²) in [5.74, 6) is 3.52. The maximum Gasteiger partial charge on any atom is 0.164 e. The lowest BCUT2D eigenvalue weighted by molar-refractivity contribution is 1.07. The molecule has 0 unspecified atom stereocenters. The molecule has 0 amide bonds. The van der Waals surface area contributed by atoms with Gasteiger partial charge in [-0.15, -0.1) is 0 Å². The Kier molecular flexibility index (Phi) is 10.1. The molecule has 11 rings (SSSR count). The first-order valence-electron chi connectivity index (χ1n) is 21.1. The van der Waals surface area contributed by atoms with Crippen LogP contribution in [-0.4, -0.2) is 34.9 Å². The van der Waals surface area contributed by atoms with Crippen molar-refractivity contribution in [3.63, 3.8) is 0 Å². The van der Waals surface area contributed by atoms with Crippen molar-refractivity contribution in [2.75, 3.05) is 0 Å². The van der Waals surface area contributed by atoms with Crippen LogP contribution in [0, 0.1) is 0 Å². The van der Waals surface area contributed by atoms with Gasteiger partial charge in [0, 0.05) is 45.1 Å². The van der Waals surface area contributed by atoms with Crippen molar-refractivity contribution in [1.29, 1.82) is 0 Å². The normalized spacial score (nSPS) is 11.1. The van der Waals surface area contributed by atoms with Crippen molar-refractivity contribution in [1.82, 2.24) is 34.9 Å². The van der Waals surface area contributed by atoms with Crippen LogP contribution in [0.2, 0.25) is 0 Å². The fraction of sp³-hybridized carbons (Fsp3) is 0. The summed E-state index contributed by atoms with van der Waals surface area (Å²) in [7, 11) is 0. The number of pyridine rings is 1. The number of aromatic nitrogens is 7. The van der Waals surface area contributed by atoms with Crippen molar-refractivity contribution in [3.8, 4) is 102 Å². The van der Waals surface area contributed by atoms with Gasteiger partial charge in [0.2, 0.25) is 0 Å². The van der Waals surface area contributed by atoms with Crippen LogP contribution in [0.1, 0.15) is 0 Å². The third-order valence-electron chi connectivity index (χ3n) is 11.3. The Bertz CT molecular complexity index is 3380. The fourth-order valence-corrected chi connectivity index (χ4v) is 8.12. The Hall–Kier alpha value is -8.81. The van der Waals surface area contributed by atoms with Crippen LogP contribution in [0.15, 0.2) is 225 Å². The van der Waals surface area contributed by atoms with Crippen LogP contribution in [0.5, 0.6) is 0 Å². The van der Waals surface area contributed by atoms with E-state index in [0.29, 0.717) is 34.9 Å². The van der Waals surface area contributed by atoms with E-state index in [1.807, 2.05) is 128 Å². The Morgan fingerprint density at radius 1 is 0.219 bits per heavy atom. The van der Waals surface area contributed by atoms with Crippen LogP contribution in [0.4, 0.5) is 0 Å². The Labute approximate surface area is 370 Å². The van der Waals surface area contributed by atoms with Crippen LogP contribution < -0.4 is 0 Å².